The number of hydrogen-bond donors (Lipinski definition) is 1. The van der Waals surface area contributed by atoms with Crippen molar-refractivity contribution < 1.29 is 23.8 Å². The predicted octanol–water partition coefficient (Wildman–Crippen LogP) is 4.15. The first-order chi connectivity index (χ1) is 18.7. The first-order valence-electron chi connectivity index (χ1n) is 12.4. The highest BCUT2D eigenvalue weighted by atomic mass is 16.5. The average Bonchev–Trinajstić information content (AvgIpc) is 3.32. The Hall–Kier alpha value is -4.60. The summed E-state index contributed by atoms with van der Waals surface area (Å²) >= 11 is 0. The monoisotopic (exact) mass is 531 g/mol. The fraction of sp³-hybridized carbons (Fsp3) is 0.310. The van der Waals surface area contributed by atoms with Gasteiger partial charge in [-0.25, -0.2) is 4.68 Å². The number of anilines is 1. The van der Waals surface area contributed by atoms with Crippen molar-refractivity contribution in [3.63, 3.8) is 0 Å². The second-order valence-corrected chi connectivity index (χ2v) is 9.92. The second kappa shape index (κ2) is 11.4. The molecule has 1 aromatic heterocycles. The molecular formula is C29H33N5O5. The van der Waals surface area contributed by atoms with Crippen LogP contribution < -0.4 is 24.4 Å². The van der Waals surface area contributed by atoms with Gasteiger partial charge in [0.15, 0.2) is 11.5 Å². The number of fused-ring (bicyclic) bond motifs is 1. The number of nitrogens with one attached hydrogen (secondary N) is 1. The Bertz CT molecular complexity index is 1460. The van der Waals surface area contributed by atoms with E-state index in [9.17, 15) is 9.59 Å². The molecule has 0 bridgehead atoms. The molecule has 2 amide bonds. The fourth-order valence-electron chi connectivity index (χ4n) is 4.38. The molecule has 0 saturated heterocycles. The summed E-state index contributed by atoms with van der Waals surface area (Å²) in [6.07, 6.45) is 0. The zero-order valence-electron chi connectivity index (χ0n) is 23.0. The van der Waals surface area contributed by atoms with Gasteiger partial charge in [0, 0.05) is 16.8 Å². The lowest BCUT2D eigenvalue weighted by molar-refractivity contribution is -0.128. The van der Waals surface area contributed by atoms with Gasteiger partial charge in [-0.15, -0.1) is 5.10 Å². The normalized spacial score (nSPS) is 12.1. The Morgan fingerprint density at radius 1 is 0.923 bits per heavy atom. The van der Waals surface area contributed by atoms with Crippen LogP contribution >= 0.6 is 0 Å². The minimum atomic E-state index is -1.11. The number of ether oxygens (including phenoxy) is 3. The summed E-state index contributed by atoms with van der Waals surface area (Å²) in [5, 5.41) is 11.4. The topological polar surface area (TPSA) is 108 Å². The lowest BCUT2D eigenvalue weighted by Gasteiger charge is -2.34. The van der Waals surface area contributed by atoms with Gasteiger partial charge in [0.1, 0.15) is 23.9 Å². The molecule has 10 nitrogen and oxygen atoms in total. The van der Waals surface area contributed by atoms with E-state index in [0.717, 1.165) is 0 Å². The van der Waals surface area contributed by atoms with Crippen molar-refractivity contribution >= 4 is 28.5 Å². The number of hydrogen-bond acceptors (Lipinski definition) is 7. The molecule has 1 heterocycles. The molecule has 3 aromatic carbocycles. The van der Waals surface area contributed by atoms with Crippen LogP contribution in [0.5, 0.6) is 17.2 Å². The van der Waals surface area contributed by atoms with E-state index in [0.29, 0.717) is 39.5 Å². The van der Waals surface area contributed by atoms with Gasteiger partial charge in [0.2, 0.25) is 11.8 Å². The van der Waals surface area contributed by atoms with E-state index < -0.39 is 11.6 Å². The maximum Gasteiger partial charge on any atom is 0.249 e. The third-order valence-corrected chi connectivity index (χ3v) is 6.06. The predicted molar refractivity (Wildman–Crippen MR) is 148 cm³/mol. The van der Waals surface area contributed by atoms with Crippen LogP contribution in [-0.2, 0) is 16.1 Å². The van der Waals surface area contributed by atoms with Crippen molar-refractivity contribution in [1.29, 1.82) is 0 Å². The van der Waals surface area contributed by atoms with E-state index in [1.165, 1.54) is 23.8 Å². The average molecular weight is 532 g/mol. The molecule has 39 heavy (non-hydrogen) atoms. The Morgan fingerprint density at radius 2 is 1.64 bits per heavy atom. The number of rotatable bonds is 9. The van der Waals surface area contributed by atoms with Crippen LogP contribution in [0.25, 0.3) is 11.0 Å². The molecule has 0 unspecified atom stereocenters. The number of methoxy groups -OCH3 is 3. The molecule has 4 rings (SSSR count). The quantitative estimate of drug-likeness (QED) is 0.346. The molecule has 204 valence electrons. The van der Waals surface area contributed by atoms with Crippen LogP contribution in [0.15, 0.2) is 66.7 Å². The molecule has 4 aromatic rings. The largest absolute Gasteiger partial charge is 0.497 e. The van der Waals surface area contributed by atoms with Gasteiger partial charge >= 0.3 is 0 Å². The van der Waals surface area contributed by atoms with E-state index in [-0.39, 0.29) is 18.4 Å². The lowest BCUT2D eigenvalue weighted by Crippen LogP contribution is -2.50. The SMILES string of the molecule is COc1ccc(N(C(=O)Cn2nnc3ccccc32)[C@H](C(=O)NC(C)(C)C)c2cccc(OC)c2OC)cc1. The molecule has 0 radical (unpaired) electrons. The number of aromatic nitrogens is 3. The van der Waals surface area contributed by atoms with Crippen molar-refractivity contribution in [3.8, 4) is 17.2 Å². The summed E-state index contributed by atoms with van der Waals surface area (Å²) in [7, 11) is 4.59. The maximum atomic E-state index is 14.2. The Balaban J connectivity index is 1.90. The van der Waals surface area contributed by atoms with E-state index in [1.807, 2.05) is 45.0 Å². The first-order valence-corrected chi connectivity index (χ1v) is 12.4. The van der Waals surface area contributed by atoms with E-state index in [4.69, 9.17) is 14.2 Å². The smallest absolute Gasteiger partial charge is 0.249 e. The van der Waals surface area contributed by atoms with Crippen LogP contribution in [0.4, 0.5) is 5.69 Å². The van der Waals surface area contributed by atoms with Crippen molar-refractivity contribution in [2.75, 3.05) is 26.2 Å². The number of benzene rings is 3. The number of amides is 2. The molecule has 1 N–H and O–H groups in total. The third-order valence-electron chi connectivity index (χ3n) is 6.06. The number of carbonyl (C=O) groups excluding carboxylic acids is 2. The second-order valence-electron chi connectivity index (χ2n) is 9.92. The van der Waals surface area contributed by atoms with Crippen LogP contribution in [0.1, 0.15) is 32.4 Å². The molecule has 0 aliphatic carbocycles. The lowest BCUT2D eigenvalue weighted by atomic mass is 9.99. The zero-order valence-corrected chi connectivity index (χ0v) is 23.0. The Kier molecular flexibility index (Phi) is 8.04. The highest BCUT2D eigenvalue weighted by molar-refractivity contribution is 6.02. The molecule has 0 spiro atoms. The van der Waals surface area contributed by atoms with Gasteiger partial charge < -0.3 is 19.5 Å². The molecule has 1 atom stereocenters. The van der Waals surface area contributed by atoms with E-state index in [1.54, 1.807) is 49.6 Å². The van der Waals surface area contributed by atoms with Crippen molar-refractivity contribution in [2.24, 2.45) is 0 Å². The molecule has 0 aliphatic heterocycles. The van der Waals surface area contributed by atoms with Crippen molar-refractivity contribution in [1.82, 2.24) is 20.3 Å². The standard InChI is InChI=1S/C29H33N5O5/c1-29(2,3)30-28(36)26(21-10-9-13-24(38-5)27(21)39-6)34(19-14-16-20(37-4)17-15-19)25(35)18-33-23-12-8-7-11-22(23)31-32-33/h7-17,26H,18H2,1-6H3,(H,30,36)/t26-/m0/s1. The first kappa shape index (κ1) is 27.4. The Labute approximate surface area is 227 Å². The van der Waals surface area contributed by atoms with E-state index >= 15 is 0 Å². The summed E-state index contributed by atoms with van der Waals surface area (Å²) in [6.45, 7) is 5.49. The van der Waals surface area contributed by atoms with Crippen molar-refractivity contribution in [2.45, 2.75) is 38.9 Å². The molecule has 0 saturated carbocycles. The van der Waals surface area contributed by atoms with Crippen LogP contribution in [0.2, 0.25) is 0 Å². The summed E-state index contributed by atoms with van der Waals surface area (Å²) < 4.78 is 18.1. The van der Waals surface area contributed by atoms with Gasteiger partial charge in [0.25, 0.3) is 0 Å². The van der Waals surface area contributed by atoms with Crippen molar-refractivity contribution in [3.05, 3.63) is 72.3 Å². The van der Waals surface area contributed by atoms with Gasteiger partial charge in [0.05, 0.1) is 26.8 Å². The number of nitrogens with zero attached hydrogens (tertiary/aromatic N) is 4. The minimum Gasteiger partial charge on any atom is -0.497 e. The van der Waals surface area contributed by atoms with Crippen LogP contribution in [-0.4, -0.2) is 53.7 Å². The highest BCUT2D eigenvalue weighted by Gasteiger charge is 2.37. The fourth-order valence-corrected chi connectivity index (χ4v) is 4.38. The van der Waals surface area contributed by atoms with Gasteiger partial charge in [-0.1, -0.05) is 29.5 Å². The van der Waals surface area contributed by atoms with Crippen LogP contribution in [0.3, 0.4) is 0 Å². The van der Waals surface area contributed by atoms with E-state index in [2.05, 4.69) is 15.6 Å². The summed E-state index contributed by atoms with van der Waals surface area (Å²) in [6, 6.07) is 18.5. The van der Waals surface area contributed by atoms with Crippen LogP contribution in [0, 0.1) is 0 Å². The molecule has 0 aliphatic rings. The molecule has 0 fully saturated rings. The third kappa shape index (κ3) is 5.95. The van der Waals surface area contributed by atoms with Gasteiger partial charge in [-0.2, -0.15) is 0 Å². The Morgan fingerprint density at radius 3 is 2.28 bits per heavy atom. The maximum absolute atomic E-state index is 14.2. The van der Waals surface area contributed by atoms with Gasteiger partial charge in [-0.05, 0) is 63.2 Å². The van der Waals surface area contributed by atoms with Gasteiger partial charge in [-0.3, -0.25) is 14.5 Å². The zero-order chi connectivity index (χ0) is 28.2. The number of para-hydroxylation sites is 2. The molecular weight excluding hydrogens is 498 g/mol. The summed E-state index contributed by atoms with van der Waals surface area (Å²) in [4.78, 5) is 29.7. The summed E-state index contributed by atoms with van der Waals surface area (Å²) in [5.41, 5.74) is 1.75. The molecule has 10 heteroatoms. The minimum absolute atomic E-state index is 0.155. The number of carbonyl (C=O) groups is 2. The highest BCUT2D eigenvalue weighted by Crippen LogP contribution is 2.39. The summed E-state index contributed by atoms with van der Waals surface area (Å²) in [5.74, 6) is 0.638.